The first kappa shape index (κ1) is 16.8. The summed E-state index contributed by atoms with van der Waals surface area (Å²) in [5, 5.41) is 8.37. The van der Waals surface area contributed by atoms with E-state index in [4.69, 9.17) is 4.74 Å². The van der Waals surface area contributed by atoms with Gasteiger partial charge in [-0.2, -0.15) is 0 Å². The van der Waals surface area contributed by atoms with Crippen LogP contribution >= 0.6 is 0 Å². The van der Waals surface area contributed by atoms with E-state index >= 15 is 0 Å². The summed E-state index contributed by atoms with van der Waals surface area (Å²) in [7, 11) is 0. The van der Waals surface area contributed by atoms with Crippen LogP contribution in [0.1, 0.15) is 13.8 Å². The highest BCUT2D eigenvalue weighted by Gasteiger charge is 2.05. The maximum absolute atomic E-state index is 12.2. The van der Waals surface area contributed by atoms with E-state index in [2.05, 4.69) is 22.8 Å². The molecule has 3 rings (SSSR count). The lowest BCUT2D eigenvalue weighted by molar-refractivity contribution is -0.114. The molecule has 128 valence electrons. The van der Waals surface area contributed by atoms with Crippen molar-refractivity contribution in [2.45, 2.75) is 20.0 Å². The molecule has 0 aliphatic rings. The molecule has 25 heavy (non-hydrogen) atoms. The second-order valence-corrected chi connectivity index (χ2v) is 6.16. The van der Waals surface area contributed by atoms with Crippen LogP contribution in [0.3, 0.4) is 0 Å². The third-order valence-electron chi connectivity index (χ3n) is 3.69. The second-order valence-electron chi connectivity index (χ2n) is 6.16. The van der Waals surface area contributed by atoms with Gasteiger partial charge in [0.25, 0.3) is 0 Å². The summed E-state index contributed by atoms with van der Waals surface area (Å²) in [5.41, 5.74) is 1.65. The van der Waals surface area contributed by atoms with Crippen LogP contribution in [0.5, 0.6) is 5.75 Å². The van der Waals surface area contributed by atoms with Crippen LogP contribution in [-0.2, 0) is 4.79 Å². The molecule has 3 aromatic carbocycles. The topological polar surface area (TPSA) is 50.4 Å². The van der Waals surface area contributed by atoms with Gasteiger partial charge in [-0.15, -0.1) is 0 Å². The summed E-state index contributed by atoms with van der Waals surface area (Å²) in [4.78, 5) is 12.2. The molecule has 4 heteroatoms. The number of anilines is 2. The van der Waals surface area contributed by atoms with Gasteiger partial charge < -0.3 is 15.4 Å². The van der Waals surface area contributed by atoms with Crippen molar-refractivity contribution in [1.29, 1.82) is 0 Å². The van der Waals surface area contributed by atoms with Crippen molar-refractivity contribution in [3.8, 4) is 5.75 Å². The van der Waals surface area contributed by atoms with Crippen molar-refractivity contribution in [2.75, 3.05) is 17.2 Å². The number of ether oxygens (including phenoxy) is 1. The van der Waals surface area contributed by atoms with E-state index in [1.807, 2.05) is 68.4 Å². The minimum Gasteiger partial charge on any atom is -0.491 e. The van der Waals surface area contributed by atoms with Crippen LogP contribution in [0.15, 0.2) is 66.7 Å². The molecule has 0 radical (unpaired) electrons. The van der Waals surface area contributed by atoms with Crippen molar-refractivity contribution < 1.29 is 9.53 Å². The Labute approximate surface area is 147 Å². The van der Waals surface area contributed by atoms with Gasteiger partial charge in [-0.3, -0.25) is 4.79 Å². The van der Waals surface area contributed by atoms with E-state index in [-0.39, 0.29) is 18.6 Å². The van der Waals surface area contributed by atoms with Crippen LogP contribution < -0.4 is 15.4 Å². The van der Waals surface area contributed by atoms with Gasteiger partial charge in [0, 0.05) is 17.4 Å². The number of benzene rings is 3. The average molecular weight is 334 g/mol. The third-order valence-corrected chi connectivity index (χ3v) is 3.69. The van der Waals surface area contributed by atoms with Crippen LogP contribution in [0, 0.1) is 0 Å². The molecular formula is C21H22N2O2. The molecule has 0 heterocycles. The molecule has 0 unspecified atom stereocenters. The lowest BCUT2D eigenvalue weighted by Gasteiger charge is -2.12. The molecule has 2 N–H and O–H groups in total. The minimum atomic E-state index is -0.102. The van der Waals surface area contributed by atoms with Gasteiger partial charge in [0.05, 0.1) is 12.6 Å². The average Bonchev–Trinajstić information content (AvgIpc) is 2.59. The molecule has 0 saturated carbocycles. The first-order valence-electron chi connectivity index (χ1n) is 8.39. The number of carbonyl (C=O) groups is 1. The Morgan fingerprint density at radius 3 is 2.52 bits per heavy atom. The van der Waals surface area contributed by atoms with E-state index in [9.17, 15) is 4.79 Å². The molecule has 1 amide bonds. The second kappa shape index (κ2) is 7.71. The fraction of sp³-hybridized carbons (Fsp3) is 0.190. The molecular weight excluding hydrogens is 312 g/mol. The summed E-state index contributed by atoms with van der Waals surface area (Å²) < 4.78 is 5.64. The standard InChI is InChI=1S/C21H22N2O2/c1-15(2)25-20-9-5-8-19(13-20)23-21(24)14-22-18-11-10-16-6-3-4-7-17(16)12-18/h3-13,15,22H,14H2,1-2H3,(H,23,24). The molecule has 0 saturated heterocycles. The third kappa shape index (κ3) is 4.73. The summed E-state index contributed by atoms with van der Waals surface area (Å²) >= 11 is 0. The fourth-order valence-corrected chi connectivity index (χ4v) is 2.61. The van der Waals surface area contributed by atoms with E-state index in [0.29, 0.717) is 0 Å². The lowest BCUT2D eigenvalue weighted by atomic mass is 10.1. The zero-order valence-corrected chi connectivity index (χ0v) is 14.5. The highest BCUT2D eigenvalue weighted by atomic mass is 16.5. The van der Waals surface area contributed by atoms with E-state index in [1.165, 1.54) is 5.39 Å². The van der Waals surface area contributed by atoms with Crippen molar-refractivity contribution in [1.82, 2.24) is 0 Å². The number of hydrogen-bond donors (Lipinski definition) is 2. The number of rotatable bonds is 6. The zero-order chi connectivity index (χ0) is 17.6. The maximum atomic E-state index is 12.2. The van der Waals surface area contributed by atoms with E-state index < -0.39 is 0 Å². The largest absolute Gasteiger partial charge is 0.491 e. The zero-order valence-electron chi connectivity index (χ0n) is 14.5. The molecule has 0 spiro atoms. The highest BCUT2D eigenvalue weighted by Crippen LogP contribution is 2.20. The molecule has 0 bridgehead atoms. The van der Waals surface area contributed by atoms with Crippen molar-refractivity contribution in [3.63, 3.8) is 0 Å². The smallest absolute Gasteiger partial charge is 0.243 e. The van der Waals surface area contributed by atoms with Gasteiger partial charge in [0.1, 0.15) is 5.75 Å². The minimum absolute atomic E-state index is 0.0977. The Balaban J connectivity index is 1.58. The molecule has 0 fully saturated rings. The quantitative estimate of drug-likeness (QED) is 0.688. The lowest BCUT2D eigenvalue weighted by Crippen LogP contribution is -2.21. The van der Waals surface area contributed by atoms with Crippen LogP contribution in [0.25, 0.3) is 10.8 Å². The fourth-order valence-electron chi connectivity index (χ4n) is 2.61. The summed E-state index contributed by atoms with van der Waals surface area (Å²) in [6.45, 7) is 4.14. The van der Waals surface area contributed by atoms with Crippen molar-refractivity contribution in [2.24, 2.45) is 0 Å². The molecule has 4 nitrogen and oxygen atoms in total. The summed E-state index contributed by atoms with van der Waals surface area (Å²) in [5.74, 6) is 0.644. The van der Waals surface area contributed by atoms with Crippen LogP contribution in [0.4, 0.5) is 11.4 Å². The SMILES string of the molecule is CC(C)Oc1cccc(NC(=O)CNc2ccc3ccccc3c2)c1. The van der Waals surface area contributed by atoms with E-state index in [0.717, 1.165) is 22.5 Å². The van der Waals surface area contributed by atoms with Gasteiger partial charge in [-0.25, -0.2) is 0 Å². The van der Waals surface area contributed by atoms with Crippen molar-refractivity contribution in [3.05, 3.63) is 66.7 Å². The van der Waals surface area contributed by atoms with Crippen LogP contribution in [0.2, 0.25) is 0 Å². The number of fused-ring (bicyclic) bond motifs is 1. The molecule has 0 aliphatic carbocycles. The predicted molar refractivity (Wildman–Crippen MR) is 103 cm³/mol. The molecule has 0 aromatic heterocycles. The van der Waals surface area contributed by atoms with Crippen LogP contribution in [-0.4, -0.2) is 18.6 Å². The number of nitrogens with one attached hydrogen (secondary N) is 2. The Morgan fingerprint density at radius 2 is 1.72 bits per heavy atom. The number of carbonyl (C=O) groups excluding carboxylic acids is 1. The summed E-state index contributed by atoms with van der Waals surface area (Å²) in [6, 6.07) is 21.6. The first-order chi connectivity index (χ1) is 12.1. The van der Waals surface area contributed by atoms with E-state index in [1.54, 1.807) is 0 Å². The monoisotopic (exact) mass is 334 g/mol. The predicted octanol–water partition coefficient (Wildman–Crippen LogP) is 4.68. The van der Waals surface area contributed by atoms with Gasteiger partial charge in [-0.1, -0.05) is 36.4 Å². The maximum Gasteiger partial charge on any atom is 0.243 e. The Hall–Kier alpha value is -3.01. The Bertz CT molecular complexity index is 874. The van der Waals surface area contributed by atoms with Gasteiger partial charge in [-0.05, 0) is 48.9 Å². The van der Waals surface area contributed by atoms with Gasteiger partial charge >= 0.3 is 0 Å². The summed E-state index contributed by atoms with van der Waals surface area (Å²) in [6.07, 6.45) is 0.0977. The Morgan fingerprint density at radius 1 is 0.920 bits per heavy atom. The molecule has 3 aromatic rings. The highest BCUT2D eigenvalue weighted by molar-refractivity contribution is 5.94. The number of hydrogen-bond acceptors (Lipinski definition) is 3. The van der Waals surface area contributed by atoms with Gasteiger partial charge in [0.2, 0.25) is 5.91 Å². The first-order valence-corrected chi connectivity index (χ1v) is 8.39. The van der Waals surface area contributed by atoms with Gasteiger partial charge in [0.15, 0.2) is 0 Å². The molecule has 0 atom stereocenters. The normalized spacial score (nSPS) is 10.7. The molecule has 0 aliphatic heterocycles. The Kier molecular flexibility index (Phi) is 5.19. The number of amides is 1. The van der Waals surface area contributed by atoms with Crippen molar-refractivity contribution >= 4 is 28.1 Å².